The third kappa shape index (κ3) is 6.57. The number of aliphatic imine (C=N–C) groups is 1. The van der Waals surface area contributed by atoms with E-state index in [4.69, 9.17) is 0 Å². The van der Waals surface area contributed by atoms with Gasteiger partial charge in [0.25, 0.3) is 5.91 Å². The van der Waals surface area contributed by atoms with Gasteiger partial charge < -0.3 is 20.5 Å². The minimum Gasteiger partial charge on any atom is -0.357 e. The predicted molar refractivity (Wildman–Crippen MR) is 127 cm³/mol. The molecule has 3 rings (SSSR count). The third-order valence-corrected chi connectivity index (χ3v) is 4.91. The number of imidazole rings is 1. The van der Waals surface area contributed by atoms with Gasteiger partial charge >= 0.3 is 0 Å². The highest BCUT2D eigenvalue weighted by Crippen LogP contribution is 2.11. The van der Waals surface area contributed by atoms with E-state index in [-0.39, 0.29) is 5.91 Å². The van der Waals surface area contributed by atoms with Crippen LogP contribution in [0.1, 0.15) is 35.1 Å². The number of nitrogens with zero attached hydrogens (tertiary/aromatic N) is 3. The Hall–Kier alpha value is -3.35. The van der Waals surface area contributed by atoms with Crippen LogP contribution in [0.25, 0.3) is 11.0 Å². The zero-order chi connectivity index (χ0) is 22.1. The monoisotopic (exact) mass is 420 g/mol. The molecule has 1 aromatic heterocycles. The summed E-state index contributed by atoms with van der Waals surface area (Å²) in [6.07, 6.45) is 2.60. The summed E-state index contributed by atoms with van der Waals surface area (Å²) in [5, 5.41) is 6.67. The zero-order valence-corrected chi connectivity index (χ0v) is 18.6. The first-order chi connectivity index (χ1) is 15.1. The normalized spacial score (nSPS) is 11.5. The number of guanidine groups is 1. The van der Waals surface area contributed by atoms with E-state index < -0.39 is 0 Å². The topological polar surface area (TPSA) is 85.4 Å². The van der Waals surface area contributed by atoms with E-state index in [1.54, 1.807) is 19.0 Å². The molecule has 0 radical (unpaired) electrons. The Morgan fingerprint density at radius 1 is 1.10 bits per heavy atom. The Balaban J connectivity index is 1.47. The lowest BCUT2D eigenvalue weighted by atomic mass is 10.1. The summed E-state index contributed by atoms with van der Waals surface area (Å²) < 4.78 is 0. The lowest BCUT2D eigenvalue weighted by Gasteiger charge is -2.13. The van der Waals surface area contributed by atoms with Crippen molar-refractivity contribution in [3.63, 3.8) is 0 Å². The van der Waals surface area contributed by atoms with Gasteiger partial charge in [-0.05, 0) is 49.6 Å². The molecule has 31 heavy (non-hydrogen) atoms. The Bertz CT molecular complexity index is 991. The molecule has 164 valence electrons. The number of aryl methyl sites for hydroxylation is 1. The van der Waals surface area contributed by atoms with E-state index in [9.17, 15) is 4.79 Å². The molecule has 0 atom stereocenters. The van der Waals surface area contributed by atoms with Crippen LogP contribution >= 0.6 is 0 Å². The highest BCUT2D eigenvalue weighted by atomic mass is 16.2. The van der Waals surface area contributed by atoms with Crippen molar-refractivity contribution in [1.29, 1.82) is 0 Å². The van der Waals surface area contributed by atoms with Gasteiger partial charge in [-0.2, -0.15) is 0 Å². The molecule has 0 spiro atoms. The second-order valence-corrected chi connectivity index (χ2v) is 7.64. The molecule has 1 amide bonds. The fourth-order valence-electron chi connectivity index (χ4n) is 3.35. The number of hydrogen-bond donors (Lipinski definition) is 3. The van der Waals surface area contributed by atoms with E-state index in [2.05, 4.69) is 32.5 Å². The Kier molecular flexibility index (Phi) is 8.04. The van der Waals surface area contributed by atoms with Gasteiger partial charge in [0.05, 0.1) is 11.0 Å². The van der Waals surface area contributed by atoms with E-state index in [1.165, 1.54) is 0 Å². The number of para-hydroxylation sites is 2. The molecule has 0 aliphatic rings. The van der Waals surface area contributed by atoms with Gasteiger partial charge in [0.2, 0.25) is 0 Å². The summed E-state index contributed by atoms with van der Waals surface area (Å²) in [5.41, 5.74) is 3.93. The van der Waals surface area contributed by atoms with Crippen LogP contribution in [-0.4, -0.2) is 60.5 Å². The van der Waals surface area contributed by atoms with Crippen LogP contribution in [0.15, 0.2) is 53.5 Å². The highest BCUT2D eigenvalue weighted by molar-refractivity contribution is 5.94. The number of amides is 1. The predicted octanol–water partition coefficient (Wildman–Crippen LogP) is 3.00. The largest absolute Gasteiger partial charge is 0.357 e. The molecule has 0 saturated heterocycles. The summed E-state index contributed by atoms with van der Waals surface area (Å²) >= 11 is 0. The van der Waals surface area contributed by atoms with Gasteiger partial charge in [0.1, 0.15) is 5.82 Å². The second kappa shape index (κ2) is 11.2. The molecule has 3 aromatic rings. The van der Waals surface area contributed by atoms with Gasteiger partial charge in [-0.3, -0.25) is 9.79 Å². The number of aromatic nitrogens is 2. The number of carbonyl (C=O) groups excluding carboxylic acids is 1. The number of carbonyl (C=O) groups is 1. The molecule has 7 nitrogen and oxygen atoms in total. The number of H-pyrrole nitrogens is 1. The molecule has 0 aliphatic carbocycles. The molecule has 3 N–H and O–H groups in total. The van der Waals surface area contributed by atoms with Crippen LogP contribution in [0.3, 0.4) is 0 Å². The average molecular weight is 421 g/mol. The molecule has 0 unspecified atom stereocenters. The molecule has 0 saturated carbocycles. The maximum absolute atomic E-state index is 12.1. The van der Waals surface area contributed by atoms with Crippen molar-refractivity contribution in [2.24, 2.45) is 4.99 Å². The first-order valence-corrected chi connectivity index (χ1v) is 10.8. The molecule has 0 fully saturated rings. The molecule has 2 aromatic carbocycles. The second-order valence-electron chi connectivity index (χ2n) is 7.64. The molecule has 1 heterocycles. The minimum absolute atomic E-state index is 0.0224. The van der Waals surface area contributed by atoms with E-state index in [0.717, 1.165) is 67.3 Å². The smallest absolute Gasteiger partial charge is 0.253 e. The molecular formula is C24H32N6O. The zero-order valence-electron chi connectivity index (χ0n) is 18.6. The fourth-order valence-corrected chi connectivity index (χ4v) is 3.35. The van der Waals surface area contributed by atoms with Crippen molar-refractivity contribution < 1.29 is 4.79 Å². The number of hydrogen-bond acceptors (Lipinski definition) is 3. The van der Waals surface area contributed by atoms with Crippen LogP contribution in [-0.2, 0) is 12.8 Å². The van der Waals surface area contributed by atoms with Crippen molar-refractivity contribution in [3.05, 3.63) is 65.5 Å². The van der Waals surface area contributed by atoms with Crippen LogP contribution < -0.4 is 10.6 Å². The lowest BCUT2D eigenvalue weighted by molar-refractivity contribution is 0.0827. The molecule has 7 heteroatoms. The van der Waals surface area contributed by atoms with Crippen LogP contribution in [0, 0.1) is 0 Å². The first kappa shape index (κ1) is 22.3. The van der Waals surface area contributed by atoms with Crippen molar-refractivity contribution in [1.82, 2.24) is 25.5 Å². The summed E-state index contributed by atoms with van der Waals surface area (Å²) in [4.78, 5) is 26.4. The number of nitrogens with one attached hydrogen (secondary N) is 3. The fraction of sp³-hybridized carbons (Fsp3) is 0.375. The van der Waals surface area contributed by atoms with Gasteiger partial charge in [-0.15, -0.1) is 0 Å². The molecule has 0 aliphatic heterocycles. The summed E-state index contributed by atoms with van der Waals surface area (Å²) in [7, 11) is 3.54. The SMILES string of the molecule is CCNC(=NCCCc1nc2ccccc2[nH]1)NCCc1cccc(C(=O)N(C)C)c1. The molecule has 0 bridgehead atoms. The van der Waals surface area contributed by atoms with Crippen molar-refractivity contribution in [2.45, 2.75) is 26.2 Å². The number of rotatable bonds is 9. The van der Waals surface area contributed by atoms with E-state index >= 15 is 0 Å². The maximum Gasteiger partial charge on any atom is 0.253 e. The van der Waals surface area contributed by atoms with Crippen molar-refractivity contribution in [2.75, 3.05) is 33.7 Å². The summed E-state index contributed by atoms with van der Waals surface area (Å²) in [6.45, 7) is 4.33. The Labute approximate surface area is 184 Å². The average Bonchev–Trinajstić information content (AvgIpc) is 3.19. The van der Waals surface area contributed by atoms with Gasteiger partial charge in [0.15, 0.2) is 5.96 Å². The van der Waals surface area contributed by atoms with Gasteiger partial charge in [0, 0.05) is 45.7 Å². The van der Waals surface area contributed by atoms with Crippen LogP contribution in [0.5, 0.6) is 0 Å². The van der Waals surface area contributed by atoms with Crippen LogP contribution in [0.4, 0.5) is 0 Å². The number of fused-ring (bicyclic) bond motifs is 1. The van der Waals surface area contributed by atoms with Gasteiger partial charge in [-0.25, -0.2) is 4.98 Å². The Morgan fingerprint density at radius 3 is 2.71 bits per heavy atom. The minimum atomic E-state index is 0.0224. The first-order valence-electron chi connectivity index (χ1n) is 10.8. The van der Waals surface area contributed by atoms with Crippen molar-refractivity contribution >= 4 is 22.9 Å². The summed E-state index contributed by atoms with van der Waals surface area (Å²) in [5.74, 6) is 1.84. The Morgan fingerprint density at radius 2 is 1.94 bits per heavy atom. The highest BCUT2D eigenvalue weighted by Gasteiger charge is 2.08. The molecular weight excluding hydrogens is 388 g/mol. The standard InChI is InChI=1S/C24H32N6O/c1-4-25-24(26-15-8-13-22-28-20-11-5-6-12-21(20)29-22)27-16-14-18-9-7-10-19(17-18)23(31)30(2)3/h5-7,9-12,17H,4,8,13-16H2,1-3H3,(H,28,29)(H2,25,26,27). The van der Waals surface area contributed by atoms with Gasteiger partial charge in [-0.1, -0.05) is 24.3 Å². The van der Waals surface area contributed by atoms with E-state index in [0.29, 0.717) is 5.56 Å². The number of aromatic amines is 1. The maximum atomic E-state index is 12.1. The number of benzene rings is 2. The quantitative estimate of drug-likeness (QED) is 0.282. The summed E-state index contributed by atoms with van der Waals surface area (Å²) in [6, 6.07) is 15.9. The van der Waals surface area contributed by atoms with Crippen molar-refractivity contribution in [3.8, 4) is 0 Å². The third-order valence-electron chi connectivity index (χ3n) is 4.91. The van der Waals surface area contributed by atoms with Crippen LogP contribution in [0.2, 0.25) is 0 Å². The van der Waals surface area contributed by atoms with E-state index in [1.807, 2.05) is 48.5 Å². The lowest BCUT2D eigenvalue weighted by Crippen LogP contribution is -2.38.